The van der Waals surface area contributed by atoms with Crippen LogP contribution in [0.2, 0.25) is 0 Å². The molecule has 0 fully saturated rings. The molecule has 4 rings (SSSR count). The minimum Gasteiger partial charge on any atom is -0.476 e. The van der Waals surface area contributed by atoms with Crippen molar-refractivity contribution < 1.29 is 24.6 Å². The largest absolute Gasteiger partial charge is 0.476 e. The molecule has 4 N–H and O–H groups in total. The van der Waals surface area contributed by atoms with E-state index < -0.39 is 12.1 Å². The average Bonchev–Trinajstić information content (AvgIpc) is 3.62. The summed E-state index contributed by atoms with van der Waals surface area (Å²) in [4.78, 5) is 45.5. The fraction of sp³-hybridized carbons (Fsp3) is 0.222. The summed E-state index contributed by atoms with van der Waals surface area (Å²) in [5, 5.41) is 26.1. The molecule has 0 bridgehead atoms. The highest BCUT2D eigenvalue weighted by Crippen LogP contribution is 2.26. The number of anilines is 2. The normalized spacial score (nSPS) is 10.2. The molecule has 2 heterocycles. The van der Waals surface area contributed by atoms with Crippen LogP contribution in [0.1, 0.15) is 19.6 Å². The van der Waals surface area contributed by atoms with Gasteiger partial charge in [0, 0.05) is 74.5 Å². The molecule has 0 radical (unpaired) electrons. The van der Waals surface area contributed by atoms with Crippen molar-refractivity contribution in [2.75, 3.05) is 51.1 Å². The summed E-state index contributed by atoms with van der Waals surface area (Å²) in [6, 6.07) is 15.7. The maximum absolute atomic E-state index is 12.0. The van der Waals surface area contributed by atoms with Crippen molar-refractivity contribution in [3.63, 3.8) is 0 Å². The molecule has 40 heavy (non-hydrogen) atoms. The van der Waals surface area contributed by atoms with Crippen LogP contribution in [0.4, 0.5) is 16.2 Å². The van der Waals surface area contributed by atoms with E-state index in [0.29, 0.717) is 10.7 Å². The number of carboxylic acid groups (broad SMARTS) is 2. The Morgan fingerprint density at radius 3 is 1.68 bits per heavy atom. The highest BCUT2D eigenvalue weighted by atomic mass is 32.1. The first-order valence-corrected chi connectivity index (χ1v) is 13.8. The van der Waals surface area contributed by atoms with Gasteiger partial charge in [-0.2, -0.15) is 0 Å². The van der Waals surface area contributed by atoms with Crippen LogP contribution in [0.15, 0.2) is 59.3 Å². The zero-order valence-corrected chi connectivity index (χ0v) is 24.0. The third kappa shape index (κ3) is 8.51. The topological polar surface area (TPSA) is 148 Å². The van der Waals surface area contributed by atoms with Gasteiger partial charge in [0.25, 0.3) is 5.91 Å². The molecule has 0 saturated heterocycles. The van der Waals surface area contributed by atoms with E-state index in [4.69, 9.17) is 10.2 Å². The number of benzene rings is 2. The van der Waals surface area contributed by atoms with Crippen molar-refractivity contribution >= 4 is 52.0 Å². The summed E-state index contributed by atoms with van der Waals surface area (Å²) in [6.45, 7) is 0.375. The lowest BCUT2D eigenvalue weighted by atomic mass is 10.1. The number of carbonyl (C=O) groups is 3. The number of nitrogens with zero attached hydrogens (tertiary/aromatic N) is 4. The zero-order valence-electron chi connectivity index (χ0n) is 22.4. The number of rotatable bonds is 9. The third-order valence-electron chi connectivity index (χ3n) is 5.39. The van der Waals surface area contributed by atoms with Crippen LogP contribution in [0.25, 0.3) is 22.5 Å². The highest BCUT2D eigenvalue weighted by molar-refractivity contribution is 7.12. The second kappa shape index (κ2) is 14.1. The molecule has 0 aliphatic heterocycles. The predicted molar refractivity (Wildman–Crippen MR) is 159 cm³/mol. The SMILES string of the molecule is CN(C)c1cccc(-c2csc(C(=O)NCCNC(=O)O)n2)c1.CN(C)c1cccc(-c2csc(C(=O)O)n2)c1. The Balaban J connectivity index is 0.000000230. The number of hydrogen-bond donors (Lipinski definition) is 4. The van der Waals surface area contributed by atoms with Crippen LogP contribution < -0.4 is 20.4 Å². The molecule has 2 aromatic carbocycles. The smallest absolute Gasteiger partial charge is 0.404 e. The van der Waals surface area contributed by atoms with Crippen LogP contribution in [0, 0.1) is 0 Å². The number of aromatic carboxylic acids is 1. The van der Waals surface area contributed by atoms with E-state index in [1.54, 1.807) is 5.38 Å². The summed E-state index contributed by atoms with van der Waals surface area (Å²) in [7, 11) is 7.85. The quantitative estimate of drug-likeness (QED) is 0.210. The van der Waals surface area contributed by atoms with Crippen molar-refractivity contribution in [2.45, 2.75) is 0 Å². The molecule has 11 nitrogen and oxygen atoms in total. The molecule has 0 atom stereocenters. The number of carbonyl (C=O) groups excluding carboxylic acids is 1. The zero-order chi connectivity index (χ0) is 29.2. The van der Waals surface area contributed by atoms with Gasteiger partial charge in [0.05, 0.1) is 11.4 Å². The number of amides is 2. The fourth-order valence-electron chi connectivity index (χ4n) is 3.32. The number of hydrogen-bond acceptors (Lipinski definition) is 9. The molecule has 2 aromatic heterocycles. The van der Waals surface area contributed by atoms with Crippen molar-refractivity contribution in [3.8, 4) is 22.5 Å². The van der Waals surface area contributed by atoms with Crippen LogP contribution in [-0.4, -0.2) is 79.4 Å². The number of thiazole rings is 2. The summed E-state index contributed by atoms with van der Waals surface area (Å²) in [6.07, 6.45) is -1.11. The molecule has 2 amide bonds. The van der Waals surface area contributed by atoms with Crippen molar-refractivity contribution in [1.82, 2.24) is 20.6 Å². The summed E-state index contributed by atoms with van der Waals surface area (Å²) >= 11 is 2.40. The van der Waals surface area contributed by atoms with E-state index in [2.05, 4.69) is 20.6 Å². The maximum atomic E-state index is 12.0. The van der Waals surface area contributed by atoms with Gasteiger partial charge < -0.3 is 30.6 Å². The lowest BCUT2D eigenvalue weighted by Crippen LogP contribution is -2.33. The van der Waals surface area contributed by atoms with Crippen LogP contribution >= 0.6 is 22.7 Å². The Morgan fingerprint density at radius 2 is 1.23 bits per heavy atom. The van der Waals surface area contributed by atoms with E-state index in [0.717, 1.165) is 39.5 Å². The molecule has 0 saturated carbocycles. The van der Waals surface area contributed by atoms with Gasteiger partial charge in [0.2, 0.25) is 5.01 Å². The molecule has 13 heteroatoms. The lowest BCUT2D eigenvalue weighted by Gasteiger charge is -2.12. The first-order chi connectivity index (χ1) is 19.0. The van der Waals surface area contributed by atoms with Gasteiger partial charge in [-0.3, -0.25) is 4.79 Å². The second-order valence-electron chi connectivity index (χ2n) is 8.76. The first-order valence-electron chi connectivity index (χ1n) is 12.0. The third-order valence-corrected chi connectivity index (χ3v) is 7.06. The van der Waals surface area contributed by atoms with Gasteiger partial charge in [-0.05, 0) is 24.3 Å². The van der Waals surface area contributed by atoms with Gasteiger partial charge in [0.15, 0.2) is 5.01 Å². The Kier molecular flexibility index (Phi) is 10.6. The van der Waals surface area contributed by atoms with Crippen molar-refractivity contribution in [3.05, 3.63) is 69.3 Å². The minimum atomic E-state index is -1.11. The monoisotopic (exact) mass is 582 g/mol. The van der Waals surface area contributed by atoms with Gasteiger partial charge in [-0.15, -0.1) is 22.7 Å². The molecule has 4 aromatic rings. The van der Waals surface area contributed by atoms with Crippen molar-refractivity contribution in [1.29, 1.82) is 0 Å². The predicted octanol–water partition coefficient (Wildman–Crippen LogP) is 4.45. The van der Waals surface area contributed by atoms with Gasteiger partial charge in [-0.1, -0.05) is 24.3 Å². The van der Waals surface area contributed by atoms with Gasteiger partial charge in [0.1, 0.15) is 0 Å². The Labute approximate surface area is 239 Å². The first kappa shape index (κ1) is 30.1. The van der Waals surface area contributed by atoms with E-state index in [1.165, 1.54) is 11.3 Å². The van der Waals surface area contributed by atoms with Crippen LogP contribution in [-0.2, 0) is 0 Å². The molecular weight excluding hydrogens is 552 g/mol. The van der Waals surface area contributed by atoms with E-state index in [-0.39, 0.29) is 24.0 Å². The van der Waals surface area contributed by atoms with E-state index >= 15 is 0 Å². The van der Waals surface area contributed by atoms with Gasteiger partial charge in [-0.25, -0.2) is 19.6 Å². The lowest BCUT2D eigenvalue weighted by molar-refractivity contribution is 0.0696. The summed E-state index contributed by atoms with van der Waals surface area (Å²) in [5.74, 6) is -1.29. The summed E-state index contributed by atoms with van der Waals surface area (Å²) < 4.78 is 0. The van der Waals surface area contributed by atoms with Gasteiger partial charge >= 0.3 is 12.1 Å². The number of nitrogens with one attached hydrogen (secondary N) is 2. The molecule has 0 aliphatic carbocycles. The number of carboxylic acids is 1. The minimum absolute atomic E-state index is 0.121. The Morgan fingerprint density at radius 1 is 0.750 bits per heavy atom. The molecular formula is C27H30N6O5S2. The number of aromatic nitrogens is 2. The average molecular weight is 583 g/mol. The Hall–Kier alpha value is -4.49. The molecule has 0 unspecified atom stereocenters. The standard InChI is InChI=1S/C15H18N4O3S.C12H12N2O2S/c1-19(2)11-5-3-4-10(8-11)12-9-23-14(18-12)13(20)16-6-7-17-15(21)22;1-14(2)9-5-3-4-8(6-9)10-7-17-11(13-10)12(15)16/h3-5,8-9,17H,6-7H2,1-2H3,(H,16,20)(H,21,22);3-7H,1-2H3,(H,15,16). The van der Waals surface area contributed by atoms with Crippen LogP contribution in [0.3, 0.4) is 0 Å². The van der Waals surface area contributed by atoms with Crippen LogP contribution in [0.5, 0.6) is 0 Å². The van der Waals surface area contributed by atoms with E-state index in [1.807, 2.05) is 91.9 Å². The maximum Gasteiger partial charge on any atom is 0.404 e. The highest BCUT2D eigenvalue weighted by Gasteiger charge is 2.13. The second-order valence-corrected chi connectivity index (χ2v) is 10.5. The fourth-order valence-corrected chi connectivity index (χ4v) is 4.73. The molecule has 0 spiro atoms. The van der Waals surface area contributed by atoms with Crippen molar-refractivity contribution in [2.24, 2.45) is 0 Å². The Bertz CT molecular complexity index is 1470. The summed E-state index contributed by atoms with van der Waals surface area (Å²) in [5.41, 5.74) is 5.44. The molecule has 0 aliphatic rings. The molecule has 210 valence electrons. The van der Waals surface area contributed by atoms with E-state index in [9.17, 15) is 14.4 Å².